The Labute approximate surface area is 75.7 Å². The lowest BCUT2D eigenvalue weighted by Crippen LogP contribution is -1.91. The number of nitrogen functional groups attached to an aromatic ring is 1. The number of hydrogen-bond donors (Lipinski definition) is 1. The predicted molar refractivity (Wildman–Crippen MR) is 51.3 cm³/mol. The SMILES string of the molecule is [2H]c1nc(N)c2c(C)c(C)sc2n1. The van der Waals surface area contributed by atoms with Crippen molar-refractivity contribution in [3.8, 4) is 0 Å². The van der Waals surface area contributed by atoms with Crippen molar-refractivity contribution in [1.29, 1.82) is 0 Å². The van der Waals surface area contributed by atoms with Crippen molar-refractivity contribution >= 4 is 27.4 Å². The van der Waals surface area contributed by atoms with Gasteiger partial charge in [0.1, 0.15) is 18.3 Å². The Kier molecular flexibility index (Phi) is 1.28. The van der Waals surface area contributed by atoms with Gasteiger partial charge in [0.15, 0.2) is 0 Å². The summed E-state index contributed by atoms with van der Waals surface area (Å²) >= 11 is 1.56. The Morgan fingerprint density at radius 3 is 3.00 bits per heavy atom. The lowest BCUT2D eigenvalue weighted by atomic mass is 10.2. The number of nitrogens with two attached hydrogens (primary N) is 1. The fourth-order valence-electron chi connectivity index (χ4n) is 1.17. The Bertz CT molecular complexity index is 478. The van der Waals surface area contributed by atoms with E-state index in [1.165, 1.54) is 4.88 Å². The van der Waals surface area contributed by atoms with E-state index in [2.05, 4.69) is 9.97 Å². The van der Waals surface area contributed by atoms with Crippen molar-refractivity contribution < 1.29 is 1.37 Å². The molecule has 0 fully saturated rings. The van der Waals surface area contributed by atoms with Gasteiger partial charge in [0, 0.05) is 4.88 Å². The van der Waals surface area contributed by atoms with Crippen molar-refractivity contribution in [1.82, 2.24) is 9.97 Å². The van der Waals surface area contributed by atoms with E-state index in [1.807, 2.05) is 13.8 Å². The first-order valence-electron chi connectivity index (χ1n) is 4.09. The Morgan fingerprint density at radius 2 is 2.25 bits per heavy atom. The Morgan fingerprint density at radius 1 is 1.50 bits per heavy atom. The highest BCUT2D eigenvalue weighted by Gasteiger charge is 2.08. The molecule has 2 heterocycles. The maximum Gasteiger partial charge on any atom is 0.135 e. The first-order valence-corrected chi connectivity index (χ1v) is 4.41. The van der Waals surface area contributed by atoms with Crippen LogP contribution in [0, 0.1) is 13.8 Å². The van der Waals surface area contributed by atoms with E-state index in [9.17, 15) is 0 Å². The molecule has 2 rings (SSSR count). The average Bonchev–Trinajstić information content (AvgIpc) is 2.27. The van der Waals surface area contributed by atoms with Gasteiger partial charge in [0.25, 0.3) is 0 Å². The van der Waals surface area contributed by atoms with E-state index in [1.54, 1.807) is 11.3 Å². The summed E-state index contributed by atoms with van der Waals surface area (Å²) in [6.07, 6.45) is -0.00810. The molecule has 2 aromatic rings. The molecule has 4 heteroatoms. The third kappa shape index (κ3) is 0.881. The van der Waals surface area contributed by atoms with Crippen molar-refractivity contribution in [2.75, 3.05) is 5.73 Å². The van der Waals surface area contributed by atoms with Crippen molar-refractivity contribution in [2.45, 2.75) is 13.8 Å². The van der Waals surface area contributed by atoms with E-state index < -0.39 is 0 Å². The topological polar surface area (TPSA) is 51.8 Å². The summed E-state index contributed by atoms with van der Waals surface area (Å²) in [4.78, 5) is 9.82. The van der Waals surface area contributed by atoms with Crippen LogP contribution in [-0.2, 0) is 0 Å². The van der Waals surface area contributed by atoms with Crippen LogP contribution in [0.25, 0.3) is 10.2 Å². The lowest BCUT2D eigenvalue weighted by Gasteiger charge is -1.94. The molecule has 12 heavy (non-hydrogen) atoms. The number of aryl methyl sites for hydroxylation is 2. The second-order valence-corrected chi connectivity index (χ2v) is 3.88. The molecule has 2 aromatic heterocycles. The fraction of sp³-hybridized carbons (Fsp3) is 0.250. The predicted octanol–water partition coefficient (Wildman–Crippen LogP) is 1.89. The van der Waals surface area contributed by atoms with Gasteiger partial charge in [-0.2, -0.15) is 0 Å². The number of thiophene rings is 1. The lowest BCUT2D eigenvalue weighted by molar-refractivity contribution is 1.24. The summed E-state index contributed by atoms with van der Waals surface area (Å²) in [5.41, 5.74) is 6.83. The van der Waals surface area contributed by atoms with Crippen molar-refractivity contribution in [3.63, 3.8) is 0 Å². The van der Waals surface area contributed by atoms with Gasteiger partial charge in [-0.25, -0.2) is 9.97 Å². The first-order chi connectivity index (χ1) is 6.09. The molecule has 0 bridgehead atoms. The van der Waals surface area contributed by atoms with Crippen LogP contribution >= 0.6 is 11.3 Å². The normalized spacial score (nSPS) is 12.0. The minimum atomic E-state index is -0.00810. The molecule has 0 aliphatic carbocycles. The highest BCUT2D eigenvalue weighted by atomic mass is 32.1. The highest BCUT2D eigenvalue weighted by molar-refractivity contribution is 7.18. The fourth-order valence-corrected chi connectivity index (χ4v) is 2.16. The molecule has 0 saturated carbocycles. The number of aromatic nitrogens is 2. The minimum Gasteiger partial charge on any atom is -0.383 e. The summed E-state index contributed by atoms with van der Waals surface area (Å²) in [6, 6.07) is 0. The van der Waals surface area contributed by atoms with Crippen LogP contribution in [0.5, 0.6) is 0 Å². The summed E-state index contributed by atoms with van der Waals surface area (Å²) in [7, 11) is 0. The van der Waals surface area contributed by atoms with Gasteiger partial charge in [0.2, 0.25) is 0 Å². The molecule has 0 radical (unpaired) electrons. The third-order valence-corrected chi connectivity index (χ3v) is 3.05. The largest absolute Gasteiger partial charge is 0.383 e. The van der Waals surface area contributed by atoms with Gasteiger partial charge in [-0.15, -0.1) is 11.3 Å². The van der Waals surface area contributed by atoms with E-state index >= 15 is 0 Å². The van der Waals surface area contributed by atoms with Gasteiger partial charge in [-0.3, -0.25) is 0 Å². The molecule has 0 saturated heterocycles. The Hall–Kier alpha value is -1.16. The van der Waals surface area contributed by atoms with E-state index in [-0.39, 0.29) is 6.30 Å². The van der Waals surface area contributed by atoms with E-state index in [0.29, 0.717) is 5.82 Å². The number of rotatable bonds is 0. The molecule has 0 aromatic carbocycles. The van der Waals surface area contributed by atoms with Crippen LogP contribution in [0.1, 0.15) is 11.8 Å². The molecular formula is C8H9N3S. The zero-order chi connectivity index (χ0) is 9.59. The monoisotopic (exact) mass is 180 g/mol. The van der Waals surface area contributed by atoms with Gasteiger partial charge in [0.05, 0.1) is 5.39 Å². The minimum absolute atomic E-state index is 0.00810. The molecule has 62 valence electrons. The summed E-state index contributed by atoms with van der Waals surface area (Å²) < 4.78 is 7.30. The molecule has 0 unspecified atom stereocenters. The van der Waals surface area contributed by atoms with Gasteiger partial charge < -0.3 is 5.73 Å². The molecule has 0 aliphatic rings. The molecule has 0 aliphatic heterocycles. The van der Waals surface area contributed by atoms with Crippen LogP contribution in [-0.4, -0.2) is 9.97 Å². The smallest absolute Gasteiger partial charge is 0.135 e. The number of fused-ring (bicyclic) bond motifs is 1. The van der Waals surface area contributed by atoms with Gasteiger partial charge >= 0.3 is 0 Å². The molecule has 0 atom stereocenters. The van der Waals surface area contributed by atoms with Crippen LogP contribution in [0.15, 0.2) is 6.30 Å². The summed E-state index contributed by atoms with van der Waals surface area (Å²) in [5.74, 6) is 0.414. The number of anilines is 1. The van der Waals surface area contributed by atoms with Crippen molar-refractivity contribution in [2.24, 2.45) is 0 Å². The van der Waals surface area contributed by atoms with Crippen LogP contribution in [0.4, 0.5) is 5.82 Å². The quantitative estimate of drug-likeness (QED) is 0.673. The molecule has 2 N–H and O–H groups in total. The maximum atomic E-state index is 7.30. The molecular weight excluding hydrogens is 170 g/mol. The molecule has 3 nitrogen and oxygen atoms in total. The Balaban J connectivity index is 2.94. The van der Waals surface area contributed by atoms with Crippen LogP contribution in [0.3, 0.4) is 0 Å². The zero-order valence-corrected chi connectivity index (χ0v) is 7.70. The number of nitrogens with zero attached hydrogens (tertiary/aromatic N) is 2. The van der Waals surface area contributed by atoms with Gasteiger partial charge in [-0.1, -0.05) is 0 Å². The second kappa shape index (κ2) is 2.42. The molecule has 0 spiro atoms. The van der Waals surface area contributed by atoms with Gasteiger partial charge in [-0.05, 0) is 19.4 Å². The van der Waals surface area contributed by atoms with E-state index in [4.69, 9.17) is 7.10 Å². The summed E-state index contributed by atoms with van der Waals surface area (Å²) in [6.45, 7) is 4.02. The number of hydrogen-bond acceptors (Lipinski definition) is 4. The van der Waals surface area contributed by atoms with Crippen LogP contribution in [0.2, 0.25) is 0 Å². The first kappa shape index (κ1) is 6.37. The molecule has 0 amide bonds. The maximum absolute atomic E-state index is 7.30. The standard InChI is InChI=1S/C8H9N3S/c1-4-5(2)12-8-6(4)7(9)10-3-11-8/h3H,1-2H3,(H2,9,10,11)/i3D. The second-order valence-electron chi connectivity index (χ2n) is 2.67. The van der Waals surface area contributed by atoms with Crippen LogP contribution < -0.4 is 5.73 Å². The third-order valence-electron chi connectivity index (χ3n) is 1.94. The summed E-state index contributed by atoms with van der Waals surface area (Å²) in [5, 5.41) is 0.901. The zero-order valence-electron chi connectivity index (χ0n) is 7.88. The van der Waals surface area contributed by atoms with Crippen molar-refractivity contribution in [3.05, 3.63) is 16.7 Å². The van der Waals surface area contributed by atoms with E-state index in [0.717, 1.165) is 15.8 Å². The highest BCUT2D eigenvalue weighted by Crippen LogP contribution is 2.30. The average molecular weight is 180 g/mol.